The summed E-state index contributed by atoms with van der Waals surface area (Å²) in [5.74, 6) is 0.792. The van der Waals surface area contributed by atoms with Crippen LogP contribution in [0, 0.1) is 0 Å². The SMILES string of the molecule is COc1ccccc1/C(=C(\B(c1ccccn1)c1ccccn1)c1ccccn1)c1ccccc1. The summed E-state index contributed by atoms with van der Waals surface area (Å²) in [4.78, 5) is 14.4. The molecule has 168 valence electrons. The fourth-order valence-electron chi connectivity index (χ4n) is 4.40. The van der Waals surface area contributed by atoms with E-state index in [2.05, 4.69) is 30.3 Å². The van der Waals surface area contributed by atoms with Gasteiger partial charge in [0, 0.05) is 35.3 Å². The van der Waals surface area contributed by atoms with Crippen molar-refractivity contribution in [3.8, 4) is 5.75 Å². The van der Waals surface area contributed by atoms with E-state index in [0.29, 0.717) is 0 Å². The highest BCUT2D eigenvalue weighted by Gasteiger charge is 2.32. The highest BCUT2D eigenvalue weighted by Crippen LogP contribution is 2.37. The Hall–Kier alpha value is -4.51. The molecule has 0 spiro atoms. The standard InChI is InChI=1S/C30H24BN3O/c1-35-26-17-6-5-15-24(26)29(23-13-3-2-4-14-23)30(25-16-7-10-20-32-25)31(27-18-8-11-21-33-27)28-19-9-12-22-34-28/h2-22H,1H3/b30-29-. The molecule has 0 aliphatic carbocycles. The summed E-state index contributed by atoms with van der Waals surface area (Å²) in [5.41, 5.74) is 6.75. The Morgan fingerprint density at radius 2 is 1.17 bits per heavy atom. The van der Waals surface area contributed by atoms with Crippen molar-refractivity contribution in [2.75, 3.05) is 7.11 Å². The van der Waals surface area contributed by atoms with Crippen molar-refractivity contribution < 1.29 is 4.74 Å². The van der Waals surface area contributed by atoms with Gasteiger partial charge in [0.25, 0.3) is 6.71 Å². The number of hydrogen-bond donors (Lipinski definition) is 0. The van der Waals surface area contributed by atoms with Gasteiger partial charge in [-0.15, -0.1) is 0 Å². The van der Waals surface area contributed by atoms with Crippen LogP contribution in [0.15, 0.2) is 128 Å². The number of ether oxygens (including phenoxy) is 1. The number of aromatic nitrogens is 3. The van der Waals surface area contributed by atoms with E-state index < -0.39 is 0 Å². The summed E-state index contributed by atoms with van der Waals surface area (Å²) in [6.45, 7) is -0.257. The van der Waals surface area contributed by atoms with Crippen LogP contribution in [-0.4, -0.2) is 28.8 Å². The molecular formula is C30H24BN3O. The van der Waals surface area contributed by atoms with E-state index in [9.17, 15) is 0 Å². The first-order valence-electron chi connectivity index (χ1n) is 11.5. The van der Waals surface area contributed by atoms with Crippen LogP contribution in [0.5, 0.6) is 5.75 Å². The first-order chi connectivity index (χ1) is 17.4. The molecule has 0 radical (unpaired) electrons. The second-order valence-corrected chi connectivity index (χ2v) is 8.01. The molecular weight excluding hydrogens is 429 g/mol. The Balaban J connectivity index is 1.94. The van der Waals surface area contributed by atoms with E-state index in [1.165, 1.54) is 0 Å². The monoisotopic (exact) mass is 453 g/mol. The first kappa shape index (κ1) is 22.3. The predicted octanol–water partition coefficient (Wildman–Crippen LogP) is 4.69. The zero-order valence-corrected chi connectivity index (χ0v) is 19.5. The van der Waals surface area contributed by atoms with Crippen molar-refractivity contribution in [1.82, 2.24) is 15.0 Å². The number of methoxy groups -OCH3 is 1. The lowest BCUT2D eigenvalue weighted by atomic mass is 9.37. The summed E-state index contributed by atoms with van der Waals surface area (Å²) < 4.78 is 5.84. The summed E-state index contributed by atoms with van der Waals surface area (Å²) >= 11 is 0. The van der Waals surface area contributed by atoms with Crippen molar-refractivity contribution in [2.24, 2.45) is 0 Å². The molecule has 0 atom stereocenters. The maximum atomic E-state index is 5.84. The molecule has 5 heteroatoms. The molecule has 0 saturated heterocycles. The van der Waals surface area contributed by atoms with E-state index in [4.69, 9.17) is 19.7 Å². The van der Waals surface area contributed by atoms with Crippen LogP contribution in [0.25, 0.3) is 11.0 Å². The molecule has 0 aliphatic heterocycles. The summed E-state index contributed by atoms with van der Waals surface area (Å²) in [6, 6.07) is 36.5. The Bertz CT molecular complexity index is 1370. The van der Waals surface area contributed by atoms with Gasteiger partial charge in [0.05, 0.1) is 12.8 Å². The quantitative estimate of drug-likeness (QED) is 0.336. The van der Waals surface area contributed by atoms with Gasteiger partial charge in [-0.2, -0.15) is 0 Å². The maximum Gasteiger partial charge on any atom is 0.291 e. The van der Waals surface area contributed by atoms with Crippen molar-refractivity contribution in [2.45, 2.75) is 0 Å². The molecule has 35 heavy (non-hydrogen) atoms. The Kier molecular flexibility index (Phi) is 6.76. The fraction of sp³-hybridized carbons (Fsp3) is 0.0333. The predicted molar refractivity (Wildman–Crippen MR) is 143 cm³/mol. The molecule has 5 rings (SSSR count). The van der Waals surface area contributed by atoms with Gasteiger partial charge in [0.2, 0.25) is 0 Å². The van der Waals surface area contributed by atoms with Gasteiger partial charge in [-0.3, -0.25) is 15.0 Å². The molecule has 4 nitrogen and oxygen atoms in total. The van der Waals surface area contributed by atoms with E-state index in [1.807, 2.05) is 97.5 Å². The number of rotatable bonds is 7. The minimum atomic E-state index is -0.257. The van der Waals surface area contributed by atoms with Crippen molar-refractivity contribution in [3.63, 3.8) is 0 Å². The normalized spacial score (nSPS) is 11.5. The van der Waals surface area contributed by atoms with Gasteiger partial charge < -0.3 is 4.74 Å². The van der Waals surface area contributed by atoms with Gasteiger partial charge in [-0.1, -0.05) is 66.7 Å². The molecule has 0 bridgehead atoms. The molecule has 0 saturated carbocycles. The highest BCUT2D eigenvalue weighted by molar-refractivity contribution is 6.99. The van der Waals surface area contributed by atoms with Gasteiger partial charge >= 0.3 is 0 Å². The lowest BCUT2D eigenvalue weighted by Crippen LogP contribution is -2.47. The molecule has 5 aromatic rings. The van der Waals surface area contributed by atoms with E-state index >= 15 is 0 Å². The van der Waals surface area contributed by atoms with E-state index in [1.54, 1.807) is 7.11 Å². The maximum absolute atomic E-state index is 5.84. The van der Waals surface area contributed by atoms with Crippen LogP contribution < -0.4 is 15.9 Å². The highest BCUT2D eigenvalue weighted by atomic mass is 16.5. The Morgan fingerprint density at radius 1 is 0.600 bits per heavy atom. The lowest BCUT2D eigenvalue weighted by molar-refractivity contribution is 0.413. The second-order valence-electron chi connectivity index (χ2n) is 8.01. The molecule has 3 heterocycles. The summed E-state index contributed by atoms with van der Waals surface area (Å²) in [6.07, 6.45) is 5.48. The van der Waals surface area contributed by atoms with Gasteiger partial charge in [-0.05, 0) is 59.1 Å². The fourth-order valence-corrected chi connectivity index (χ4v) is 4.40. The molecule has 0 fully saturated rings. The van der Waals surface area contributed by atoms with Gasteiger partial charge in [-0.25, -0.2) is 0 Å². The third-order valence-electron chi connectivity index (χ3n) is 5.90. The minimum Gasteiger partial charge on any atom is -0.496 e. The third-order valence-corrected chi connectivity index (χ3v) is 5.90. The van der Waals surface area contributed by atoms with Crippen LogP contribution in [0.2, 0.25) is 0 Å². The largest absolute Gasteiger partial charge is 0.496 e. The number of hydrogen-bond acceptors (Lipinski definition) is 4. The van der Waals surface area contributed by atoms with Crippen LogP contribution in [0.4, 0.5) is 0 Å². The average Bonchev–Trinajstić information content (AvgIpc) is 2.95. The van der Waals surface area contributed by atoms with Crippen molar-refractivity contribution >= 4 is 28.9 Å². The molecule has 0 unspecified atom stereocenters. The second kappa shape index (κ2) is 10.6. The number of pyridine rings is 3. The van der Waals surface area contributed by atoms with Gasteiger partial charge in [0.15, 0.2) is 0 Å². The summed E-state index contributed by atoms with van der Waals surface area (Å²) in [7, 11) is 1.71. The molecule has 0 aliphatic rings. The van der Waals surface area contributed by atoms with Crippen LogP contribution >= 0.6 is 0 Å². The van der Waals surface area contributed by atoms with Crippen molar-refractivity contribution in [1.29, 1.82) is 0 Å². The molecule has 0 amide bonds. The average molecular weight is 453 g/mol. The molecule has 0 N–H and O–H groups in total. The summed E-state index contributed by atoms with van der Waals surface area (Å²) in [5, 5.41) is 0. The number of nitrogens with zero attached hydrogens (tertiary/aromatic N) is 3. The minimum absolute atomic E-state index is 0.257. The zero-order valence-electron chi connectivity index (χ0n) is 19.5. The lowest BCUT2D eigenvalue weighted by Gasteiger charge is -2.23. The molecule has 3 aromatic heterocycles. The number of para-hydroxylation sites is 1. The Labute approximate surface area is 206 Å². The van der Waals surface area contributed by atoms with E-state index in [-0.39, 0.29) is 6.71 Å². The van der Waals surface area contributed by atoms with Crippen LogP contribution in [-0.2, 0) is 0 Å². The smallest absolute Gasteiger partial charge is 0.291 e. The third kappa shape index (κ3) is 4.75. The van der Waals surface area contributed by atoms with Crippen molar-refractivity contribution in [3.05, 3.63) is 145 Å². The topological polar surface area (TPSA) is 47.9 Å². The number of benzene rings is 2. The molecule has 2 aromatic carbocycles. The van der Waals surface area contributed by atoms with E-state index in [0.717, 1.165) is 44.8 Å². The van der Waals surface area contributed by atoms with Gasteiger partial charge in [0.1, 0.15) is 5.75 Å². The zero-order chi connectivity index (χ0) is 23.9. The van der Waals surface area contributed by atoms with Crippen LogP contribution in [0.3, 0.4) is 0 Å². The Morgan fingerprint density at radius 3 is 1.74 bits per heavy atom. The van der Waals surface area contributed by atoms with Crippen LogP contribution in [0.1, 0.15) is 16.8 Å². The first-order valence-corrected chi connectivity index (χ1v) is 11.5.